The Labute approximate surface area is 202 Å². The molecule has 0 aliphatic carbocycles. The number of amides is 1. The number of methoxy groups -OCH3 is 1. The summed E-state index contributed by atoms with van der Waals surface area (Å²) in [4.78, 5) is 12.9. The Morgan fingerprint density at radius 1 is 0.857 bits per heavy atom. The lowest BCUT2D eigenvalue weighted by molar-refractivity contribution is 0.102. The molecule has 0 saturated carbocycles. The van der Waals surface area contributed by atoms with Gasteiger partial charge in [0.2, 0.25) is 0 Å². The number of hydrogen-bond donors (Lipinski definition) is 1. The third-order valence-corrected chi connectivity index (χ3v) is 7.62. The molecule has 0 fully saturated rings. The summed E-state index contributed by atoms with van der Waals surface area (Å²) in [6, 6.07) is 25.8. The van der Waals surface area contributed by atoms with Gasteiger partial charge in [0, 0.05) is 29.1 Å². The van der Waals surface area contributed by atoms with E-state index in [0.29, 0.717) is 22.7 Å². The minimum Gasteiger partial charge on any atom is -0.495 e. The van der Waals surface area contributed by atoms with E-state index < -0.39 is 10.0 Å². The number of anilines is 2. The minimum absolute atomic E-state index is 0.0637. The number of sulfonamides is 1. The molecular formula is C27H22N2O5S. The van der Waals surface area contributed by atoms with E-state index in [9.17, 15) is 13.2 Å². The number of benzene rings is 4. The Morgan fingerprint density at radius 3 is 2.31 bits per heavy atom. The van der Waals surface area contributed by atoms with Crippen LogP contribution in [0.1, 0.15) is 10.4 Å². The first kappa shape index (κ1) is 22.5. The first-order valence-corrected chi connectivity index (χ1v) is 12.3. The Hall–Kier alpha value is -4.30. The van der Waals surface area contributed by atoms with Crippen LogP contribution >= 0.6 is 0 Å². The monoisotopic (exact) mass is 486 g/mol. The smallest absolute Gasteiger partial charge is 0.264 e. The van der Waals surface area contributed by atoms with Crippen molar-refractivity contribution >= 4 is 49.2 Å². The van der Waals surface area contributed by atoms with E-state index in [-0.39, 0.29) is 10.8 Å². The number of carbonyl (C=O) groups excluding carboxylic acids is 1. The highest BCUT2D eigenvalue weighted by Crippen LogP contribution is 2.32. The molecule has 0 aliphatic rings. The Bertz CT molecular complexity index is 1660. The molecule has 8 heteroatoms. The van der Waals surface area contributed by atoms with Crippen molar-refractivity contribution in [2.45, 2.75) is 4.90 Å². The Kier molecular flexibility index (Phi) is 5.66. The normalized spacial score (nSPS) is 11.5. The summed E-state index contributed by atoms with van der Waals surface area (Å²) in [6.07, 6.45) is 0. The fourth-order valence-corrected chi connectivity index (χ4v) is 5.17. The zero-order valence-electron chi connectivity index (χ0n) is 19.1. The zero-order chi connectivity index (χ0) is 24.6. The number of para-hydroxylation sites is 3. The lowest BCUT2D eigenvalue weighted by atomic mass is 10.1. The van der Waals surface area contributed by atoms with E-state index >= 15 is 0 Å². The number of ether oxygens (including phenoxy) is 1. The van der Waals surface area contributed by atoms with Gasteiger partial charge in [0.25, 0.3) is 15.9 Å². The third kappa shape index (κ3) is 4.08. The molecule has 0 aliphatic heterocycles. The van der Waals surface area contributed by atoms with Gasteiger partial charge in [0.1, 0.15) is 16.9 Å². The SMILES string of the molecule is COc1ccccc1N(C)S(=O)(=O)c1ccc(C(=O)Nc2ccc3oc4ccccc4c3c2)cc1. The fourth-order valence-electron chi connectivity index (χ4n) is 3.96. The second-order valence-electron chi connectivity index (χ2n) is 7.93. The number of hydrogen-bond acceptors (Lipinski definition) is 5. The summed E-state index contributed by atoms with van der Waals surface area (Å²) in [7, 11) is -0.906. The summed E-state index contributed by atoms with van der Waals surface area (Å²) in [5.41, 5.74) is 2.88. The molecule has 0 atom stereocenters. The van der Waals surface area contributed by atoms with Gasteiger partial charge in [-0.15, -0.1) is 0 Å². The molecule has 1 aromatic heterocycles. The number of rotatable bonds is 6. The molecule has 5 aromatic rings. The van der Waals surface area contributed by atoms with Crippen molar-refractivity contribution in [2.24, 2.45) is 0 Å². The van der Waals surface area contributed by atoms with Gasteiger partial charge >= 0.3 is 0 Å². The number of fused-ring (bicyclic) bond motifs is 3. The van der Waals surface area contributed by atoms with Crippen LogP contribution < -0.4 is 14.4 Å². The molecule has 4 aromatic carbocycles. The summed E-state index contributed by atoms with van der Waals surface area (Å²) in [6.45, 7) is 0. The second-order valence-corrected chi connectivity index (χ2v) is 9.90. The lowest BCUT2D eigenvalue weighted by Gasteiger charge is -2.21. The van der Waals surface area contributed by atoms with Gasteiger partial charge in [-0.3, -0.25) is 9.10 Å². The molecule has 0 radical (unpaired) electrons. The van der Waals surface area contributed by atoms with Crippen molar-refractivity contribution in [1.29, 1.82) is 0 Å². The third-order valence-electron chi connectivity index (χ3n) is 5.83. The molecule has 35 heavy (non-hydrogen) atoms. The van der Waals surface area contributed by atoms with E-state index in [4.69, 9.17) is 9.15 Å². The Balaban J connectivity index is 1.37. The van der Waals surface area contributed by atoms with Gasteiger partial charge in [-0.2, -0.15) is 0 Å². The molecule has 0 unspecified atom stereocenters. The fraction of sp³-hybridized carbons (Fsp3) is 0.0741. The van der Waals surface area contributed by atoms with Crippen LogP contribution in [-0.4, -0.2) is 28.5 Å². The number of carbonyl (C=O) groups is 1. The Morgan fingerprint density at radius 2 is 1.54 bits per heavy atom. The van der Waals surface area contributed by atoms with Gasteiger partial charge in [0.05, 0.1) is 17.7 Å². The van der Waals surface area contributed by atoms with E-state index in [1.54, 1.807) is 30.3 Å². The molecule has 0 bridgehead atoms. The summed E-state index contributed by atoms with van der Waals surface area (Å²) < 4.78 is 38.5. The number of nitrogens with one attached hydrogen (secondary N) is 1. The summed E-state index contributed by atoms with van der Waals surface area (Å²) >= 11 is 0. The predicted molar refractivity (Wildman–Crippen MR) is 137 cm³/mol. The molecule has 176 valence electrons. The number of nitrogens with zero attached hydrogens (tertiary/aromatic N) is 1. The standard InChI is InChI=1S/C27H22N2O5S/c1-29(23-8-4-6-10-26(23)33-2)35(31,32)20-14-11-18(12-15-20)27(30)28-19-13-16-25-22(17-19)21-7-3-5-9-24(21)34-25/h3-17H,1-2H3,(H,28,30). The van der Waals surface area contributed by atoms with Crippen LogP contribution in [0.5, 0.6) is 5.75 Å². The maximum atomic E-state index is 13.1. The van der Waals surface area contributed by atoms with E-state index in [2.05, 4.69) is 5.32 Å². The molecule has 5 rings (SSSR count). The van der Waals surface area contributed by atoms with Gasteiger partial charge in [-0.1, -0.05) is 30.3 Å². The average molecular weight is 487 g/mol. The van der Waals surface area contributed by atoms with Crippen LogP contribution in [0.4, 0.5) is 11.4 Å². The maximum Gasteiger partial charge on any atom is 0.264 e. The van der Waals surface area contributed by atoms with Crippen LogP contribution in [0, 0.1) is 0 Å². The van der Waals surface area contributed by atoms with Crippen LogP contribution in [0.2, 0.25) is 0 Å². The highest BCUT2D eigenvalue weighted by molar-refractivity contribution is 7.92. The molecular weight excluding hydrogens is 464 g/mol. The topological polar surface area (TPSA) is 88.8 Å². The molecule has 1 N–H and O–H groups in total. The first-order chi connectivity index (χ1) is 16.9. The van der Waals surface area contributed by atoms with Crippen molar-refractivity contribution in [3.05, 3.63) is 96.6 Å². The first-order valence-electron chi connectivity index (χ1n) is 10.8. The predicted octanol–water partition coefficient (Wildman–Crippen LogP) is 5.67. The van der Waals surface area contributed by atoms with Gasteiger partial charge < -0.3 is 14.5 Å². The van der Waals surface area contributed by atoms with Crippen LogP contribution in [0.25, 0.3) is 21.9 Å². The average Bonchev–Trinajstić information content (AvgIpc) is 3.26. The van der Waals surface area contributed by atoms with Gasteiger partial charge in [-0.25, -0.2) is 8.42 Å². The second kappa shape index (κ2) is 8.81. The zero-order valence-corrected chi connectivity index (χ0v) is 19.9. The molecule has 0 spiro atoms. The van der Waals surface area contributed by atoms with Crippen molar-refractivity contribution in [1.82, 2.24) is 0 Å². The minimum atomic E-state index is -3.85. The van der Waals surface area contributed by atoms with Crippen molar-refractivity contribution in [3.63, 3.8) is 0 Å². The summed E-state index contributed by atoms with van der Waals surface area (Å²) in [5.74, 6) is 0.0936. The largest absolute Gasteiger partial charge is 0.495 e. The molecule has 1 amide bonds. The summed E-state index contributed by atoms with van der Waals surface area (Å²) in [5, 5.41) is 4.74. The van der Waals surface area contributed by atoms with E-state index in [1.165, 1.54) is 38.4 Å². The van der Waals surface area contributed by atoms with Crippen LogP contribution in [0.3, 0.4) is 0 Å². The van der Waals surface area contributed by atoms with Crippen LogP contribution in [-0.2, 0) is 10.0 Å². The van der Waals surface area contributed by atoms with E-state index in [0.717, 1.165) is 26.2 Å². The van der Waals surface area contributed by atoms with Gasteiger partial charge in [-0.05, 0) is 60.7 Å². The van der Waals surface area contributed by atoms with Crippen molar-refractivity contribution in [2.75, 3.05) is 23.8 Å². The highest BCUT2D eigenvalue weighted by atomic mass is 32.2. The lowest BCUT2D eigenvalue weighted by Crippen LogP contribution is -2.27. The molecule has 1 heterocycles. The quantitative estimate of drug-likeness (QED) is 0.334. The highest BCUT2D eigenvalue weighted by Gasteiger charge is 2.24. The molecule has 7 nitrogen and oxygen atoms in total. The van der Waals surface area contributed by atoms with Gasteiger partial charge in [0.15, 0.2) is 0 Å². The number of furan rings is 1. The van der Waals surface area contributed by atoms with Crippen molar-refractivity contribution in [3.8, 4) is 5.75 Å². The van der Waals surface area contributed by atoms with E-state index in [1.807, 2.05) is 36.4 Å². The van der Waals surface area contributed by atoms with Crippen molar-refractivity contribution < 1.29 is 22.4 Å². The van der Waals surface area contributed by atoms with Crippen LogP contribution in [0.15, 0.2) is 100 Å². The maximum absolute atomic E-state index is 13.1. The molecule has 0 saturated heterocycles.